The first kappa shape index (κ1) is 10.2. The maximum Gasteiger partial charge on any atom is 0.227 e. The van der Waals surface area contributed by atoms with Crippen LogP contribution in [0.1, 0.15) is 25.0 Å². The summed E-state index contributed by atoms with van der Waals surface area (Å²) in [5.74, 6) is 0.697. The van der Waals surface area contributed by atoms with Crippen LogP contribution in [-0.2, 0) is 11.3 Å². The Morgan fingerprint density at radius 1 is 1.67 bits per heavy atom. The minimum Gasteiger partial charge on any atom is -0.360 e. The molecule has 5 heteroatoms. The zero-order valence-electron chi connectivity index (χ0n) is 8.53. The average molecular weight is 209 g/mol. The predicted octanol–water partition coefficient (Wildman–Crippen LogP) is 0.420. The van der Waals surface area contributed by atoms with Crippen LogP contribution >= 0.6 is 0 Å². The number of nitrogens with one attached hydrogen (secondary N) is 1. The van der Waals surface area contributed by atoms with Gasteiger partial charge in [0.15, 0.2) is 5.76 Å². The lowest BCUT2D eigenvalue weighted by molar-refractivity contribution is -0.135. The number of aromatic nitrogens is 1. The highest BCUT2D eigenvalue weighted by Crippen LogP contribution is 2.39. The van der Waals surface area contributed by atoms with Crippen molar-refractivity contribution in [2.75, 3.05) is 6.54 Å². The Kier molecular flexibility index (Phi) is 2.73. The molecule has 0 atom stereocenters. The second-order valence-corrected chi connectivity index (χ2v) is 4.00. The number of carbonyl (C=O) groups excluding carboxylic acids is 1. The third kappa shape index (κ3) is 1.87. The summed E-state index contributed by atoms with van der Waals surface area (Å²) in [6.07, 6.45) is 4.44. The second kappa shape index (κ2) is 4.02. The van der Waals surface area contributed by atoms with Crippen molar-refractivity contribution in [2.45, 2.75) is 25.8 Å². The first-order chi connectivity index (χ1) is 7.27. The van der Waals surface area contributed by atoms with Gasteiger partial charge in [0.25, 0.3) is 0 Å². The maximum absolute atomic E-state index is 11.8. The third-order valence-corrected chi connectivity index (χ3v) is 3.10. The van der Waals surface area contributed by atoms with Gasteiger partial charge in [0.1, 0.15) is 0 Å². The first-order valence-electron chi connectivity index (χ1n) is 5.15. The minimum atomic E-state index is -0.319. The van der Waals surface area contributed by atoms with Crippen LogP contribution in [-0.4, -0.2) is 17.6 Å². The average Bonchev–Trinajstić information content (AvgIpc) is 2.66. The molecule has 1 saturated carbocycles. The molecule has 5 nitrogen and oxygen atoms in total. The van der Waals surface area contributed by atoms with E-state index in [1.54, 1.807) is 12.3 Å². The molecule has 0 bridgehead atoms. The molecule has 1 aromatic rings. The van der Waals surface area contributed by atoms with E-state index in [1.165, 1.54) is 0 Å². The van der Waals surface area contributed by atoms with Crippen molar-refractivity contribution in [1.82, 2.24) is 10.5 Å². The van der Waals surface area contributed by atoms with E-state index in [0.29, 0.717) is 18.8 Å². The summed E-state index contributed by atoms with van der Waals surface area (Å²) in [6, 6.07) is 1.73. The van der Waals surface area contributed by atoms with Gasteiger partial charge < -0.3 is 15.6 Å². The van der Waals surface area contributed by atoms with Crippen molar-refractivity contribution in [3.05, 3.63) is 18.0 Å². The fraction of sp³-hybridized carbons (Fsp3) is 0.600. The van der Waals surface area contributed by atoms with Gasteiger partial charge in [0.05, 0.1) is 18.2 Å². The summed E-state index contributed by atoms with van der Waals surface area (Å²) in [5.41, 5.74) is 5.30. The summed E-state index contributed by atoms with van der Waals surface area (Å²) in [4.78, 5) is 11.8. The molecule has 1 aliphatic carbocycles. The highest BCUT2D eigenvalue weighted by Gasteiger charge is 2.42. The van der Waals surface area contributed by atoms with E-state index in [0.717, 1.165) is 19.3 Å². The summed E-state index contributed by atoms with van der Waals surface area (Å²) < 4.78 is 4.89. The van der Waals surface area contributed by atoms with E-state index in [-0.39, 0.29) is 11.3 Å². The van der Waals surface area contributed by atoms with Crippen molar-refractivity contribution in [3.8, 4) is 0 Å². The van der Waals surface area contributed by atoms with Crippen molar-refractivity contribution in [3.63, 3.8) is 0 Å². The quantitative estimate of drug-likeness (QED) is 0.753. The number of rotatable bonds is 4. The molecule has 1 fully saturated rings. The Morgan fingerprint density at radius 3 is 2.93 bits per heavy atom. The largest absolute Gasteiger partial charge is 0.360 e. The Morgan fingerprint density at radius 2 is 2.47 bits per heavy atom. The number of nitrogens with zero attached hydrogens (tertiary/aromatic N) is 1. The Bertz CT molecular complexity index is 325. The van der Waals surface area contributed by atoms with E-state index in [1.807, 2.05) is 0 Å². The van der Waals surface area contributed by atoms with Gasteiger partial charge in [-0.2, -0.15) is 0 Å². The number of hydrogen-bond acceptors (Lipinski definition) is 4. The Labute approximate surface area is 88.0 Å². The summed E-state index contributed by atoms with van der Waals surface area (Å²) in [7, 11) is 0. The van der Waals surface area contributed by atoms with Gasteiger partial charge in [0, 0.05) is 12.6 Å². The van der Waals surface area contributed by atoms with Gasteiger partial charge in [-0.05, 0) is 12.8 Å². The van der Waals surface area contributed by atoms with Gasteiger partial charge >= 0.3 is 0 Å². The fourth-order valence-electron chi connectivity index (χ4n) is 1.82. The van der Waals surface area contributed by atoms with Crippen molar-refractivity contribution in [2.24, 2.45) is 11.1 Å². The Balaban J connectivity index is 1.87. The molecule has 82 valence electrons. The van der Waals surface area contributed by atoms with E-state index in [9.17, 15) is 4.79 Å². The molecule has 1 heterocycles. The second-order valence-electron chi connectivity index (χ2n) is 4.00. The monoisotopic (exact) mass is 209 g/mol. The molecule has 0 aromatic carbocycles. The molecular weight excluding hydrogens is 194 g/mol. The fourth-order valence-corrected chi connectivity index (χ4v) is 1.82. The summed E-state index contributed by atoms with van der Waals surface area (Å²) in [6.45, 7) is 0.815. The summed E-state index contributed by atoms with van der Waals surface area (Å²) in [5, 5.41) is 6.39. The highest BCUT2D eigenvalue weighted by molar-refractivity contribution is 5.83. The van der Waals surface area contributed by atoms with Gasteiger partial charge in [-0.3, -0.25) is 4.79 Å². The number of amides is 1. The third-order valence-electron chi connectivity index (χ3n) is 3.10. The molecule has 15 heavy (non-hydrogen) atoms. The van der Waals surface area contributed by atoms with Gasteiger partial charge in [-0.15, -0.1) is 0 Å². The van der Waals surface area contributed by atoms with Crippen LogP contribution in [0.2, 0.25) is 0 Å². The van der Waals surface area contributed by atoms with Crippen LogP contribution in [0.4, 0.5) is 0 Å². The first-order valence-corrected chi connectivity index (χ1v) is 5.15. The molecule has 0 spiro atoms. The van der Waals surface area contributed by atoms with Gasteiger partial charge in [-0.25, -0.2) is 0 Å². The molecule has 0 radical (unpaired) electrons. The highest BCUT2D eigenvalue weighted by atomic mass is 16.5. The molecule has 0 saturated heterocycles. The van der Waals surface area contributed by atoms with Crippen molar-refractivity contribution < 1.29 is 9.32 Å². The molecule has 1 aromatic heterocycles. The lowest BCUT2D eigenvalue weighted by Gasteiger charge is -2.38. The molecule has 2 rings (SSSR count). The zero-order valence-corrected chi connectivity index (χ0v) is 8.53. The van der Waals surface area contributed by atoms with Gasteiger partial charge in [0.2, 0.25) is 5.91 Å². The number of hydrogen-bond donors (Lipinski definition) is 2. The SMILES string of the molecule is NCC1(C(=O)NCc2ccno2)CCC1. The molecule has 3 N–H and O–H groups in total. The van der Waals surface area contributed by atoms with Crippen LogP contribution in [0.3, 0.4) is 0 Å². The van der Waals surface area contributed by atoms with Crippen LogP contribution in [0.25, 0.3) is 0 Å². The van der Waals surface area contributed by atoms with Crippen LogP contribution in [0.15, 0.2) is 16.8 Å². The molecule has 0 aliphatic heterocycles. The predicted molar refractivity (Wildman–Crippen MR) is 53.7 cm³/mol. The topological polar surface area (TPSA) is 81.2 Å². The lowest BCUT2D eigenvalue weighted by atomic mass is 9.68. The van der Waals surface area contributed by atoms with Crippen LogP contribution in [0.5, 0.6) is 0 Å². The van der Waals surface area contributed by atoms with E-state index in [4.69, 9.17) is 10.3 Å². The van der Waals surface area contributed by atoms with E-state index >= 15 is 0 Å². The maximum atomic E-state index is 11.8. The lowest BCUT2D eigenvalue weighted by Crippen LogP contribution is -2.50. The van der Waals surface area contributed by atoms with Crippen LogP contribution < -0.4 is 11.1 Å². The molecule has 1 aliphatic rings. The van der Waals surface area contributed by atoms with Gasteiger partial charge in [-0.1, -0.05) is 11.6 Å². The standard InChI is InChI=1S/C10H15N3O2/c11-7-10(3-1-4-10)9(14)12-6-8-2-5-13-15-8/h2,5H,1,3-4,6-7,11H2,(H,12,14). The van der Waals surface area contributed by atoms with Crippen molar-refractivity contribution in [1.29, 1.82) is 0 Å². The smallest absolute Gasteiger partial charge is 0.227 e. The normalized spacial score (nSPS) is 18.2. The number of nitrogens with two attached hydrogens (primary N) is 1. The van der Waals surface area contributed by atoms with Crippen molar-refractivity contribution >= 4 is 5.91 Å². The minimum absolute atomic E-state index is 0.0349. The molecule has 0 unspecified atom stereocenters. The van der Waals surface area contributed by atoms with Crippen LogP contribution in [0, 0.1) is 5.41 Å². The number of carbonyl (C=O) groups is 1. The van der Waals surface area contributed by atoms with E-state index < -0.39 is 0 Å². The summed E-state index contributed by atoms with van der Waals surface area (Å²) >= 11 is 0. The Hall–Kier alpha value is -1.36. The molecule has 1 amide bonds. The zero-order chi connectivity index (χ0) is 10.7. The van der Waals surface area contributed by atoms with E-state index in [2.05, 4.69) is 10.5 Å². The molecular formula is C10H15N3O2.